The maximum Gasteiger partial charge on any atom is 0.343 e. The highest BCUT2D eigenvalue weighted by molar-refractivity contribution is 7.92. The van der Waals surface area contributed by atoms with E-state index in [0.29, 0.717) is 17.0 Å². The molecule has 0 unspecified atom stereocenters. The van der Waals surface area contributed by atoms with Crippen LogP contribution in [-0.4, -0.2) is 28.1 Å². The summed E-state index contributed by atoms with van der Waals surface area (Å²) in [5.74, 6) is -0.0751. The molecule has 0 saturated heterocycles. The van der Waals surface area contributed by atoms with Crippen LogP contribution in [0.2, 0.25) is 0 Å². The lowest BCUT2D eigenvalue weighted by Crippen LogP contribution is -2.16. The summed E-state index contributed by atoms with van der Waals surface area (Å²) in [6, 6.07) is 10.2. The van der Waals surface area contributed by atoms with Gasteiger partial charge in [0.1, 0.15) is 5.75 Å². The summed E-state index contributed by atoms with van der Waals surface area (Å²) >= 11 is 0. The summed E-state index contributed by atoms with van der Waals surface area (Å²) in [6.45, 7) is 5.33. The van der Waals surface area contributed by atoms with Crippen LogP contribution in [0.5, 0.6) is 5.75 Å². The molecular formula is C19H23NO5S. The third kappa shape index (κ3) is 4.54. The number of ether oxygens (including phenoxy) is 2. The Labute approximate surface area is 154 Å². The van der Waals surface area contributed by atoms with Gasteiger partial charge >= 0.3 is 5.97 Å². The lowest BCUT2D eigenvalue weighted by atomic mass is 10.1. The van der Waals surface area contributed by atoms with Crippen LogP contribution in [0.25, 0.3) is 0 Å². The summed E-state index contributed by atoms with van der Waals surface area (Å²) in [7, 11) is -2.47. The standard InChI is InChI=1S/C19H23NO5S/c1-5-15-8-6-7-13(2)19(15)20-26(22,23)16-9-10-17(14(3)11-16)25-12-18(21)24-4/h6-11,20H,5,12H2,1-4H3. The predicted octanol–water partition coefficient (Wildman–Crippen LogP) is 3.22. The molecule has 0 atom stereocenters. The Hall–Kier alpha value is -2.54. The zero-order valence-corrected chi connectivity index (χ0v) is 16.1. The molecule has 0 saturated carbocycles. The molecular weight excluding hydrogens is 354 g/mol. The molecule has 0 heterocycles. The number of nitrogens with one attached hydrogen (secondary N) is 1. The number of hydrogen-bond donors (Lipinski definition) is 1. The largest absolute Gasteiger partial charge is 0.482 e. The van der Waals surface area contributed by atoms with Gasteiger partial charge in [-0.2, -0.15) is 0 Å². The van der Waals surface area contributed by atoms with Gasteiger partial charge in [0.2, 0.25) is 0 Å². The van der Waals surface area contributed by atoms with E-state index in [1.165, 1.54) is 25.3 Å². The number of sulfonamides is 1. The van der Waals surface area contributed by atoms with Gasteiger partial charge in [-0.15, -0.1) is 0 Å². The van der Waals surface area contributed by atoms with Gasteiger partial charge in [0.25, 0.3) is 10.0 Å². The number of anilines is 1. The molecule has 7 heteroatoms. The molecule has 0 aliphatic rings. The first-order chi connectivity index (χ1) is 12.3. The van der Waals surface area contributed by atoms with Crippen molar-refractivity contribution in [2.45, 2.75) is 32.1 Å². The smallest absolute Gasteiger partial charge is 0.343 e. The third-order valence-electron chi connectivity index (χ3n) is 4.01. The summed E-state index contributed by atoms with van der Waals surface area (Å²) in [5.41, 5.74) is 3.02. The first kappa shape index (κ1) is 19.8. The van der Waals surface area contributed by atoms with Crippen molar-refractivity contribution in [3.63, 3.8) is 0 Å². The highest BCUT2D eigenvalue weighted by atomic mass is 32.2. The Morgan fingerprint density at radius 1 is 1.12 bits per heavy atom. The Morgan fingerprint density at radius 2 is 1.85 bits per heavy atom. The van der Waals surface area contributed by atoms with Crippen molar-refractivity contribution in [3.05, 3.63) is 53.1 Å². The minimum Gasteiger partial charge on any atom is -0.482 e. The second kappa shape index (κ2) is 8.23. The quantitative estimate of drug-likeness (QED) is 0.749. The fourth-order valence-electron chi connectivity index (χ4n) is 2.51. The van der Waals surface area contributed by atoms with Gasteiger partial charge in [0.05, 0.1) is 17.7 Å². The van der Waals surface area contributed by atoms with Crippen LogP contribution in [0.4, 0.5) is 5.69 Å². The van der Waals surface area contributed by atoms with Crippen molar-refractivity contribution >= 4 is 21.7 Å². The summed E-state index contributed by atoms with van der Waals surface area (Å²) in [5, 5.41) is 0. The zero-order valence-electron chi connectivity index (χ0n) is 15.3. The minimum atomic E-state index is -3.74. The van der Waals surface area contributed by atoms with Crippen LogP contribution in [-0.2, 0) is 26.0 Å². The van der Waals surface area contributed by atoms with Crippen molar-refractivity contribution in [2.75, 3.05) is 18.4 Å². The van der Waals surface area contributed by atoms with Crippen molar-refractivity contribution in [1.29, 1.82) is 0 Å². The van der Waals surface area contributed by atoms with Gasteiger partial charge in [-0.3, -0.25) is 4.72 Å². The zero-order chi connectivity index (χ0) is 19.3. The Balaban J connectivity index is 2.27. The van der Waals surface area contributed by atoms with Gasteiger partial charge in [-0.05, 0) is 55.2 Å². The molecule has 2 rings (SSSR count). The Morgan fingerprint density at radius 3 is 2.46 bits per heavy atom. The number of rotatable bonds is 7. The molecule has 2 aromatic carbocycles. The summed E-state index contributed by atoms with van der Waals surface area (Å²) in [6.07, 6.45) is 0.721. The first-order valence-corrected chi connectivity index (χ1v) is 9.68. The monoisotopic (exact) mass is 377 g/mol. The highest BCUT2D eigenvalue weighted by Gasteiger charge is 2.18. The molecule has 0 radical (unpaired) electrons. The van der Waals surface area contributed by atoms with Crippen molar-refractivity contribution in [3.8, 4) is 5.75 Å². The maximum atomic E-state index is 12.8. The molecule has 140 valence electrons. The molecule has 0 spiro atoms. The predicted molar refractivity (Wildman–Crippen MR) is 100 cm³/mol. The fourth-order valence-corrected chi connectivity index (χ4v) is 3.77. The van der Waals surface area contributed by atoms with E-state index < -0.39 is 16.0 Å². The molecule has 0 bridgehead atoms. The van der Waals surface area contributed by atoms with Crippen molar-refractivity contribution in [1.82, 2.24) is 0 Å². The number of methoxy groups -OCH3 is 1. The second-order valence-electron chi connectivity index (χ2n) is 5.86. The maximum absolute atomic E-state index is 12.8. The number of para-hydroxylation sites is 1. The number of esters is 1. The average Bonchev–Trinajstić information content (AvgIpc) is 2.61. The first-order valence-electron chi connectivity index (χ1n) is 8.20. The highest BCUT2D eigenvalue weighted by Crippen LogP contribution is 2.27. The van der Waals surface area contributed by atoms with Gasteiger partial charge in [0.15, 0.2) is 6.61 Å². The number of benzene rings is 2. The van der Waals surface area contributed by atoms with Crippen molar-refractivity contribution < 1.29 is 22.7 Å². The minimum absolute atomic E-state index is 0.130. The molecule has 0 aliphatic carbocycles. The van der Waals surface area contributed by atoms with Crippen LogP contribution in [0.1, 0.15) is 23.6 Å². The van der Waals surface area contributed by atoms with Gasteiger partial charge in [-0.1, -0.05) is 25.1 Å². The van der Waals surface area contributed by atoms with Crippen LogP contribution in [0.3, 0.4) is 0 Å². The third-order valence-corrected chi connectivity index (χ3v) is 5.35. The number of carbonyl (C=O) groups is 1. The van der Waals surface area contributed by atoms with E-state index in [0.717, 1.165) is 17.5 Å². The van der Waals surface area contributed by atoms with E-state index in [4.69, 9.17) is 4.74 Å². The molecule has 0 fully saturated rings. The van der Waals surface area contributed by atoms with E-state index in [1.807, 2.05) is 32.0 Å². The lowest BCUT2D eigenvalue weighted by molar-refractivity contribution is -0.142. The van der Waals surface area contributed by atoms with Gasteiger partial charge in [-0.25, -0.2) is 13.2 Å². The topological polar surface area (TPSA) is 81.7 Å². The number of hydrogen-bond acceptors (Lipinski definition) is 5. The molecule has 0 aliphatic heterocycles. The van der Waals surface area contributed by atoms with Gasteiger partial charge in [0, 0.05) is 0 Å². The molecule has 0 aromatic heterocycles. The molecule has 6 nitrogen and oxygen atoms in total. The fraction of sp³-hybridized carbons (Fsp3) is 0.316. The van der Waals surface area contributed by atoms with E-state index in [9.17, 15) is 13.2 Å². The number of aryl methyl sites for hydroxylation is 3. The van der Waals surface area contributed by atoms with E-state index in [-0.39, 0.29) is 11.5 Å². The molecule has 2 aromatic rings. The summed E-state index contributed by atoms with van der Waals surface area (Å²) < 4.78 is 38.1. The van der Waals surface area contributed by atoms with Gasteiger partial charge < -0.3 is 9.47 Å². The molecule has 26 heavy (non-hydrogen) atoms. The van der Waals surface area contributed by atoms with Crippen LogP contribution in [0.15, 0.2) is 41.3 Å². The normalized spacial score (nSPS) is 11.1. The Kier molecular flexibility index (Phi) is 6.26. The van der Waals surface area contributed by atoms with Crippen molar-refractivity contribution in [2.24, 2.45) is 0 Å². The van der Waals surface area contributed by atoms with E-state index in [1.54, 1.807) is 6.92 Å². The van der Waals surface area contributed by atoms with Crippen LogP contribution in [0, 0.1) is 13.8 Å². The Bertz CT molecular complexity index is 906. The lowest BCUT2D eigenvalue weighted by Gasteiger charge is -2.15. The van der Waals surface area contributed by atoms with E-state index in [2.05, 4.69) is 9.46 Å². The van der Waals surface area contributed by atoms with Crippen LogP contribution < -0.4 is 9.46 Å². The summed E-state index contributed by atoms with van der Waals surface area (Å²) in [4.78, 5) is 11.3. The van der Waals surface area contributed by atoms with E-state index >= 15 is 0 Å². The molecule has 1 N–H and O–H groups in total. The van der Waals surface area contributed by atoms with Crippen LogP contribution >= 0.6 is 0 Å². The molecule has 0 amide bonds. The second-order valence-corrected chi connectivity index (χ2v) is 7.54. The SMILES string of the molecule is CCc1cccc(C)c1NS(=O)(=O)c1ccc(OCC(=O)OC)c(C)c1. The number of carbonyl (C=O) groups excluding carboxylic acids is 1. The average molecular weight is 377 g/mol.